The van der Waals surface area contributed by atoms with Crippen LogP contribution in [0.1, 0.15) is 26.6 Å². The van der Waals surface area contributed by atoms with Gasteiger partial charge in [0.1, 0.15) is 5.82 Å². The number of benzene rings is 1. The Hall–Kier alpha value is -2.93. The van der Waals surface area contributed by atoms with Gasteiger partial charge in [-0.05, 0) is 43.5 Å². The highest BCUT2D eigenvalue weighted by Crippen LogP contribution is 2.20. The molecule has 0 fully saturated rings. The minimum absolute atomic E-state index is 0.0488. The van der Waals surface area contributed by atoms with E-state index in [0.717, 1.165) is 11.4 Å². The van der Waals surface area contributed by atoms with E-state index in [1.165, 1.54) is 23.1 Å². The fourth-order valence-corrected chi connectivity index (χ4v) is 3.46. The molecule has 27 heavy (non-hydrogen) atoms. The molecule has 0 aliphatic carbocycles. The van der Waals surface area contributed by atoms with Gasteiger partial charge in [-0.1, -0.05) is 18.2 Å². The zero-order valence-corrected chi connectivity index (χ0v) is 15.8. The molecule has 1 N–H and O–H groups in total. The van der Waals surface area contributed by atoms with Gasteiger partial charge in [-0.25, -0.2) is 9.18 Å². The quantitative estimate of drug-likeness (QED) is 0.648. The maximum Gasteiger partial charge on any atom is 0.340 e. The third-order valence-corrected chi connectivity index (χ3v) is 5.03. The summed E-state index contributed by atoms with van der Waals surface area (Å²) in [5, 5.41) is 4.39. The van der Waals surface area contributed by atoms with Gasteiger partial charge in [0, 0.05) is 16.3 Å². The lowest BCUT2D eigenvalue weighted by molar-refractivity contribution is -0.119. The van der Waals surface area contributed by atoms with Crippen LogP contribution in [0.15, 0.2) is 47.8 Å². The van der Waals surface area contributed by atoms with Gasteiger partial charge in [0.15, 0.2) is 6.61 Å². The SMILES string of the molecule is Cc1cc(C(=O)OCC(=O)Nc2ccccc2F)c(C)n1Cc1cccs1. The Bertz CT molecular complexity index is 964. The number of thiophene rings is 1. The summed E-state index contributed by atoms with van der Waals surface area (Å²) in [6, 6.07) is 11.6. The number of amides is 1. The Labute approximate surface area is 160 Å². The van der Waals surface area contributed by atoms with Crippen LogP contribution in [0.2, 0.25) is 0 Å². The zero-order valence-electron chi connectivity index (χ0n) is 15.0. The number of carbonyl (C=O) groups is 2. The maximum absolute atomic E-state index is 13.5. The van der Waals surface area contributed by atoms with Crippen molar-refractivity contribution in [3.8, 4) is 0 Å². The van der Waals surface area contributed by atoms with Gasteiger partial charge in [0.2, 0.25) is 0 Å². The average Bonchev–Trinajstić information content (AvgIpc) is 3.25. The summed E-state index contributed by atoms with van der Waals surface area (Å²) in [5.41, 5.74) is 2.18. The van der Waals surface area contributed by atoms with Crippen LogP contribution >= 0.6 is 11.3 Å². The first-order valence-electron chi connectivity index (χ1n) is 8.36. The molecule has 3 rings (SSSR count). The smallest absolute Gasteiger partial charge is 0.340 e. The minimum Gasteiger partial charge on any atom is -0.452 e. The van der Waals surface area contributed by atoms with Gasteiger partial charge in [0.05, 0.1) is 17.8 Å². The molecule has 0 spiro atoms. The molecular weight excluding hydrogens is 367 g/mol. The van der Waals surface area contributed by atoms with Crippen LogP contribution in [0.3, 0.4) is 0 Å². The van der Waals surface area contributed by atoms with Crippen molar-refractivity contribution in [2.75, 3.05) is 11.9 Å². The van der Waals surface area contributed by atoms with Crippen molar-refractivity contribution in [2.45, 2.75) is 20.4 Å². The number of ether oxygens (including phenoxy) is 1. The van der Waals surface area contributed by atoms with Crippen molar-refractivity contribution in [3.63, 3.8) is 0 Å². The number of aryl methyl sites for hydroxylation is 1. The molecule has 0 saturated carbocycles. The Morgan fingerprint density at radius 1 is 1.19 bits per heavy atom. The van der Waals surface area contributed by atoms with E-state index in [1.54, 1.807) is 23.5 Å². The molecule has 5 nitrogen and oxygen atoms in total. The topological polar surface area (TPSA) is 60.3 Å². The summed E-state index contributed by atoms with van der Waals surface area (Å²) < 4.78 is 20.7. The standard InChI is InChI=1S/C20H19FN2O3S/c1-13-10-16(14(2)23(13)11-15-6-5-9-27-15)20(25)26-12-19(24)22-18-8-4-3-7-17(18)21/h3-10H,11-12H2,1-2H3,(H,22,24). The molecule has 1 amide bonds. The summed E-state index contributed by atoms with van der Waals surface area (Å²) in [7, 11) is 0. The van der Waals surface area contributed by atoms with Crippen LogP contribution in [0.25, 0.3) is 0 Å². The fourth-order valence-electron chi connectivity index (χ4n) is 2.77. The second kappa shape index (κ2) is 8.18. The van der Waals surface area contributed by atoms with Gasteiger partial charge in [-0.2, -0.15) is 0 Å². The fraction of sp³-hybridized carbons (Fsp3) is 0.200. The number of nitrogens with one attached hydrogen (secondary N) is 1. The van der Waals surface area contributed by atoms with Crippen molar-refractivity contribution in [3.05, 3.63) is 75.5 Å². The van der Waals surface area contributed by atoms with Crippen molar-refractivity contribution in [1.29, 1.82) is 0 Å². The highest BCUT2D eigenvalue weighted by atomic mass is 32.1. The van der Waals surface area contributed by atoms with E-state index < -0.39 is 24.3 Å². The van der Waals surface area contributed by atoms with Crippen LogP contribution in [0, 0.1) is 19.7 Å². The predicted octanol–water partition coefficient (Wildman–Crippen LogP) is 4.15. The Balaban J connectivity index is 1.63. The largest absolute Gasteiger partial charge is 0.452 e. The lowest BCUT2D eigenvalue weighted by Gasteiger charge is -2.09. The molecule has 2 heterocycles. The van der Waals surface area contributed by atoms with Crippen molar-refractivity contribution in [1.82, 2.24) is 4.57 Å². The third kappa shape index (κ3) is 4.43. The highest BCUT2D eigenvalue weighted by Gasteiger charge is 2.18. The van der Waals surface area contributed by atoms with E-state index in [2.05, 4.69) is 5.32 Å². The first-order chi connectivity index (χ1) is 13.0. The van der Waals surface area contributed by atoms with E-state index in [9.17, 15) is 14.0 Å². The number of aromatic nitrogens is 1. The van der Waals surface area contributed by atoms with Gasteiger partial charge in [0.25, 0.3) is 5.91 Å². The number of nitrogens with zero attached hydrogens (tertiary/aromatic N) is 1. The number of hydrogen-bond acceptors (Lipinski definition) is 4. The molecule has 0 unspecified atom stereocenters. The zero-order chi connectivity index (χ0) is 19.4. The number of anilines is 1. The molecule has 0 aliphatic rings. The number of hydrogen-bond donors (Lipinski definition) is 1. The van der Waals surface area contributed by atoms with E-state index >= 15 is 0 Å². The maximum atomic E-state index is 13.5. The molecule has 0 aliphatic heterocycles. The summed E-state index contributed by atoms with van der Waals surface area (Å²) in [6.07, 6.45) is 0. The van der Waals surface area contributed by atoms with E-state index in [0.29, 0.717) is 12.1 Å². The number of esters is 1. The summed E-state index contributed by atoms with van der Waals surface area (Å²) in [5.74, 6) is -1.72. The van der Waals surface area contributed by atoms with Crippen LogP contribution in [0.5, 0.6) is 0 Å². The van der Waals surface area contributed by atoms with Gasteiger partial charge < -0.3 is 14.6 Å². The molecule has 0 bridgehead atoms. The van der Waals surface area contributed by atoms with Gasteiger partial charge in [-0.15, -0.1) is 11.3 Å². The van der Waals surface area contributed by atoms with Crippen LogP contribution in [-0.4, -0.2) is 23.1 Å². The normalized spacial score (nSPS) is 10.6. The second-order valence-corrected chi connectivity index (χ2v) is 7.09. The molecule has 3 aromatic rings. The van der Waals surface area contributed by atoms with Crippen molar-refractivity contribution < 1.29 is 18.7 Å². The predicted molar refractivity (Wildman–Crippen MR) is 103 cm³/mol. The lowest BCUT2D eigenvalue weighted by Crippen LogP contribution is -2.21. The third-order valence-electron chi connectivity index (χ3n) is 4.17. The molecule has 0 radical (unpaired) electrons. The molecule has 140 valence electrons. The number of rotatable bonds is 6. The molecule has 7 heteroatoms. The van der Waals surface area contributed by atoms with E-state index in [4.69, 9.17) is 4.74 Å². The molecule has 0 saturated heterocycles. The monoisotopic (exact) mass is 386 g/mol. The van der Waals surface area contributed by atoms with Gasteiger partial charge >= 0.3 is 5.97 Å². The lowest BCUT2D eigenvalue weighted by atomic mass is 10.2. The number of carbonyl (C=O) groups excluding carboxylic acids is 2. The highest BCUT2D eigenvalue weighted by molar-refractivity contribution is 7.09. The van der Waals surface area contributed by atoms with E-state index in [1.807, 2.05) is 35.9 Å². The Morgan fingerprint density at radius 3 is 2.67 bits per heavy atom. The van der Waals surface area contributed by atoms with Crippen LogP contribution in [-0.2, 0) is 16.1 Å². The summed E-state index contributed by atoms with van der Waals surface area (Å²) in [6.45, 7) is 3.96. The number of halogens is 1. The van der Waals surface area contributed by atoms with Crippen LogP contribution in [0.4, 0.5) is 10.1 Å². The van der Waals surface area contributed by atoms with Crippen LogP contribution < -0.4 is 5.32 Å². The summed E-state index contributed by atoms with van der Waals surface area (Å²) >= 11 is 1.65. The van der Waals surface area contributed by atoms with E-state index in [-0.39, 0.29) is 5.69 Å². The first kappa shape index (κ1) is 18.8. The second-order valence-electron chi connectivity index (χ2n) is 6.05. The summed E-state index contributed by atoms with van der Waals surface area (Å²) in [4.78, 5) is 25.5. The van der Waals surface area contributed by atoms with Crippen molar-refractivity contribution >= 4 is 28.9 Å². The van der Waals surface area contributed by atoms with Crippen molar-refractivity contribution in [2.24, 2.45) is 0 Å². The average molecular weight is 386 g/mol. The molecule has 2 aromatic heterocycles. The first-order valence-corrected chi connectivity index (χ1v) is 9.24. The molecular formula is C20H19FN2O3S. The Morgan fingerprint density at radius 2 is 1.96 bits per heavy atom. The number of para-hydroxylation sites is 1. The Kier molecular flexibility index (Phi) is 5.71. The minimum atomic E-state index is -0.596. The molecule has 1 aromatic carbocycles. The van der Waals surface area contributed by atoms with Gasteiger partial charge in [-0.3, -0.25) is 4.79 Å². The molecule has 0 atom stereocenters.